The van der Waals surface area contributed by atoms with Crippen molar-refractivity contribution in [2.24, 2.45) is 0 Å². The van der Waals surface area contributed by atoms with Crippen molar-refractivity contribution in [2.75, 3.05) is 20.3 Å². The summed E-state index contributed by atoms with van der Waals surface area (Å²) in [5.74, 6) is 0.194. The highest BCUT2D eigenvalue weighted by atomic mass is 16.5. The van der Waals surface area contributed by atoms with Crippen LogP contribution >= 0.6 is 0 Å². The summed E-state index contributed by atoms with van der Waals surface area (Å²) in [5.41, 5.74) is 2.30. The number of nitrogens with zero attached hydrogens (tertiary/aromatic N) is 1. The minimum atomic E-state index is 0.194. The van der Waals surface area contributed by atoms with Gasteiger partial charge in [-0.3, -0.25) is 4.79 Å². The van der Waals surface area contributed by atoms with Gasteiger partial charge in [-0.2, -0.15) is 0 Å². The molecular formula is C17H27NO2. The van der Waals surface area contributed by atoms with Crippen molar-refractivity contribution < 1.29 is 9.53 Å². The molecule has 1 amide bonds. The first-order chi connectivity index (χ1) is 9.62. The second-order valence-electron chi connectivity index (χ2n) is 5.21. The zero-order valence-electron chi connectivity index (χ0n) is 13.2. The molecule has 0 N–H and O–H groups in total. The Hall–Kier alpha value is -1.35. The van der Waals surface area contributed by atoms with E-state index in [4.69, 9.17) is 4.74 Å². The molecule has 0 saturated carbocycles. The van der Waals surface area contributed by atoms with E-state index >= 15 is 0 Å². The van der Waals surface area contributed by atoms with E-state index in [9.17, 15) is 4.79 Å². The molecular weight excluding hydrogens is 250 g/mol. The Morgan fingerprint density at radius 1 is 1.20 bits per heavy atom. The molecule has 0 aliphatic heterocycles. The third kappa shape index (κ3) is 4.97. The second-order valence-corrected chi connectivity index (χ2v) is 5.21. The maximum atomic E-state index is 12.5. The van der Waals surface area contributed by atoms with Crippen LogP contribution < -0.4 is 0 Å². The highest BCUT2D eigenvalue weighted by Crippen LogP contribution is 2.12. The average Bonchev–Trinajstić information content (AvgIpc) is 2.45. The van der Waals surface area contributed by atoms with Crippen LogP contribution in [0, 0.1) is 6.92 Å². The Kier molecular flexibility index (Phi) is 7.31. The number of aryl methyl sites for hydroxylation is 1. The predicted molar refractivity (Wildman–Crippen MR) is 82.8 cm³/mol. The molecule has 0 unspecified atom stereocenters. The molecule has 0 fully saturated rings. The van der Waals surface area contributed by atoms with Crippen molar-refractivity contribution in [2.45, 2.75) is 46.1 Å². The standard InChI is InChI=1S/C17H27NO2/c1-5-16(6-2)18(11-12-20-4)17(19)13-15-9-7-14(3)8-10-15/h7-10,16H,5-6,11-13H2,1-4H3. The first-order valence-electron chi connectivity index (χ1n) is 7.46. The second kappa shape index (κ2) is 8.75. The molecule has 0 atom stereocenters. The summed E-state index contributed by atoms with van der Waals surface area (Å²) in [4.78, 5) is 14.5. The summed E-state index contributed by atoms with van der Waals surface area (Å²) in [6.45, 7) is 7.59. The number of amides is 1. The van der Waals surface area contributed by atoms with E-state index in [1.807, 2.05) is 17.0 Å². The van der Waals surface area contributed by atoms with Gasteiger partial charge in [-0.05, 0) is 25.3 Å². The van der Waals surface area contributed by atoms with Gasteiger partial charge in [-0.25, -0.2) is 0 Å². The van der Waals surface area contributed by atoms with Gasteiger partial charge in [-0.1, -0.05) is 43.7 Å². The largest absolute Gasteiger partial charge is 0.383 e. The Balaban J connectivity index is 2.73. The van der Waals surface area contributed by atoms with Gasteiger partial charge in [0.1, 0.15) is 0 Å². The summed E-state index contributed by atoms with van der Waals surface area (Å²) >= 11 is 0. The lowest BCUT2D eigenvalue weighted by Gasteiger charge is -2.30. The summed E-state index contributed by atoms with van der Waals surface area (Å²) in [6.07, 6.45) is 2.44. The summed E-state index contributed by atoms with van der Waals surface area (Å²) in [6, 6.07) is 8.49. The molecule has 0 saturated heterocycles. The van der Waals surface area contributed by atoms with Gasteiger partial charge in [0.05, 0.1) is 13.0 Å². The van der Waals surface area contributed by atoms with Crippen molar-refractivity contribution in [1.29, 1.82) is 0 Å². The molecule has 1 aromatic carbocycles. The van der Waals surface area contributed by atoms with Crippen molar-refractivity contribution in [1.82, 2.24) is 4.90 Å². The zero-order chi connectivity index (χ0) is 15.0. The van der Waals surface area contributed by atoms with Crippen molar-refractivity contribution in [3.8, 4) is 0 Å². The minimum absolute atomic E-state index is 0.194. The molecule has 0 bridgehead atoms. The molecule has 0 aromatic heterocycles. The molecule has 0 heterocycles. The molecule has 0 aliphatic carbocycles. The number of carbonyl (C=O) groups is 1. The molecule has 0 spiro atoms. The van der Waals surface area contributed by atoms with Crippen LogP contribution in [0.25, 0.3) is 0 Å². The molecule has 112 valence electrons. The van der Waals surface area contributed by atoms with E-state index in [0.29, 0.717) is 25.6 Å². The van der Waals surface area contributed by atoms with Gasteiger partial charge in [0.25, 0.3) is 0 Å². The van der Waals surface area contributed by atoms with Crippen LogP contribution in [0.5, 0.6) is 0 Å². The van der Waals surface area contributed by atoms with E-state index in [0.717, 1.165) is 18.4 Å². The Morgan fingerprint density at radius 2 is 1.80 bits per heavy atom. The zero-order valence-corrected chi connectivity index (χ0v) is 13.2. The van der Waals surface area contributed by atoms with E-state index < -0.39 is 0 Å². The van der Waals surface area contributed by atoms with Crippen LogP contribution in [0.1, 0.15) is 37.8 Å². The first kappa shape index (κ1) is 16.7. The third-order valence-corrected chi connectivity index (χ3v) is 3.72. The van der Waals surface area contributed by atoms with Gasteiger partial charge in [0.15, 0.2) is 0 Å². The lowest BCUT2D eigenvalue weighted by molar-refractivity contribution is -0.133. The van der Waals surface area contributed by atoms with Crippen LogP contribution in [0.15, 0.2) is 24.3 Å². The monoisotopic (exact) mass is 277 g/mol. The van der Waals surface area contributed by atoms with Crippen molar-refractivity contribution in [3.63, 3.8) is 0 Å². The van der Waals surface area contributed by atoms with Gasteiger partial charge in [0, 0.05) is 19.7 Å². The number of ether oxygens (including phenoxy) is 1. The SMILES string of the molecule is CCC(CC)N(CCOC)C(=O)Cc1ccc(C)cc1. The van der Waals surface area contributed by atoms with E-state index in [2.05, 4.69) is 32.9 Å². The lowest BCUT2D eigenvalue weighted by Crippen LogP contribution is -2.42. The van der Waals surface area contributed by atoms with Gasteiger partial charge >= 0.3 is 0 Å². The Morgan fingerprint density at radius 3 is 2.30 bits per heavy atom. The summed E-state index contributed by atoms with van der Waals surface area (Å²) in [5, 5.41) is 0. The number of methoxy groups -OCH3 is 1. The molecule has 1 aromatic rings. The third-order valence-electron chi connectivity index (χ3n) is 3.72. The number of rotatable bonds is 8. The fourth-order valence-corrected chi connectivity index (χ4v) is 2.41. The van der Waals surface area contributed by atoms with Crippen LogP contribution in [0.3, 0.4) is 0 Å². The Labute approximate surface area is 122 Å². The lowest BCUT2D eigenvalue weighted by atomic mass is 10.1. The normalized spacial score (nSPS) is 10.8. The van der Waals surface area contributed by atoms with Crippen LogP contribution in [-0.4, -0.2) is 37.1 Å². The smallest absolute Gasteiger partial charge is 0.227 e. The van der Waals surface area contributed by atoms with Crippen molar-refractivity contribution in [3.05, 3.63) is 35.4 Å². The van der Waals surface area contributed by atoms with Gasteiger partial charge in [0.2, 0.25) is 5.91 Å². The fourth-order valence-electron chi connectivity index (χ4n) is 2.41. The highest BCUT2D eigenvalue weighted by Gasteiger charge is 2.20. The topological polar surface area (TPSA) is 29.5 Å². The summed E-state index contributed by atoms with van der Waals surface area (Å²) < 4.78 is 5.13. The fraction of sp³-hybridized carbons (Fsp3) is 0.588. The van der Waals surface area contributed by atoms with E-state index in [-0.39, 0.29) is 5.91 Å². The number of benzene rings is 1. The van der Waals surface area contributed by atoms with Crippen LogP contribution in [-0.2, 0) is 16.0 Å². The number of hydrogen-bond acceptors (Lipinski definition) is 2. The van der Waals surface area contributed by atoms with E-state index in [1.165, 1.54) is 5.56 Å². The average molecular weight is 277 g/mol. The van der Waals surface area contributed by atoms with E-state index in [1.54, 1.807) is 7.11 Å². The molecule has 0 aliphatic rings. The van der Waals surface area contributed by atoms with Crippen LogP contribution in [0.4, 0.5) is 0 Å². The maximum absolute atomic E-state index is 12.5. The van der Waals surface area contributed by atoms with Crippen molar-refractivity contribution >= 4 is 5.91 Å². The van der Waals surface area contributed by atoms with Crippen LogP contribution in [0.2, 0.25) is 0 Å². The summed E-state index contributed by atoms with van der Waals surface area (Å²) in [7, 11) is 1.68. The predicted octanol–water partition coefficient (Wildman–Crippen LogP) is 3.20. The van der Waals surface area contributed by atoms with Gasteiger partial charge < -0.3 is 9.64 Å². The molecule has 1 rings (SSSR count). The number of hydrogen-bond donors (Lipinski definition) is 0. The highest BCUT2D eigenvalue weighted by molar-refractivity contribution is 5.79. The molecule has 0 radical (unpaired) electrons. The quantitative estimate of drug-likeness (QED) is 0.730. The first-order valence-corrected chi connectivity index (χ1v) is 7.46. The minimum Gasteiger partial charge on any atom is -0.383 e. The molecule has 3 nitrogen and oxygen atoms in total. The maximum Gasteiger partial charge on any atom is 0.227 e. The molecule has 20 heavy (non-hydrogen) atoms. The van der Waals surface area contributed by atoms with Gasteiger partial charge in [-0.15, -0.1) is 0 Å². The molecule has 3 heteroatoms. The number of carbonyl (C=O) groups excluding carboxylic acids is 1. The Bertz CT molecular complexity index is 396.